The molecule has 1 aliphatic carbocycles. The summed E-state index contributed by atoms with van der Waals surface area (Å²) in [5.74, 6) is -0.00295. The molecule has 0 bridgehead atoms. The molecule has 1 N–H and O–H groups in total. The molecule has 136 valence electrons. The molecule has 0 radical (unpaired) electrons. The predicted octanol–water partition coefficient (Wildman–Crippen LogP) is 4.37. The zero-order valence-corrected chi connectivity index (χ0v) is 15.7. The van der Waals surface area contributed by atoms with Crippen molar-refractivity contribution in [1.29, 1.82) is 0 Å². The second kappa shape index (κ2) is 9.40. The van der Waals surface area contributed by atoms with Crippen molar-refractivity contribution in [3.05, 3.63) is 41.0 Å². The summed E-state index contributed by atoms with van der Waals surface area (Å²) in [6, 6.07) is 5.96. The van der Waals surface area contributed by atoms with Gasteiger partial charge >= 0.3 is 0 Å². The van der Waals surface area contributed by atoms with Crippen molar-refractivity contribution in [3.63, 3.8) is 0 Å². The lowest BCUT2D eigenvalue weighted by Crippen LogP contribution is -2.33. The van der Waals surface area contributed by atoms with Gasteiger partial charge in [0.2, 0.25) is 11.8 Å². The molecule has 1 aromatic rings. The van der Waals surface area contributed by atoms with Crippen molar-refractivity contribution >= 4 is 17.5 Å². The number of amides is 2. The van der Waals surface area contributed by atoms with Crippen molar-refractivity contribution < 1.29 is 9.59 Å². The third-order valence-electron chi connectivity index (χ3n) is 4.89. The highest BCUT2D eigenvalue weighted by atomic mass is 16.2. The quantitative estimate of drug-likeness (QED) is 0.748. The molecule has 0 fully saturated rings. The van der Waals surface area contributed by atoms with Crippen LogP contribution in [0.15, 0.2) is 29.8 Å². The highest BCUT2D eigenvalue weighted by Gasteiger charge is 2.14. The molecule has 0 aliphatic heterocycles. The van der Waals surface area contributed by atoms with E-state index in [1.54, 1.807) is 11.8 Å². The molecule has 4 nitrogen and oxygen atoms in total. The van der Waals surface area contributed by atoms with Gasteiger partial charge in [-0.2, -0.15) is 0 Å². The molecule has 25 heavy (non-hydrogen) atoms. The lowest BCUT2D eigenvalue weighted by Gasteiger charge is -2.22. The van der Waals surface area contributed by atoms with Crippen LogP contribution in [0.2, 0.25) is 0 Å². The van der Waals surface area contributed by atoms with Crippen LogP contribution in [0.5, 0.6) is 0 Å². The summed E-state index contributed by atoms with van der Waals surface area (Å²) in [6.45, 7) is 6.74. The molecule has 4 heteroatoms. The molecule has 2 rings (SSSR count). The van der Waals surface area contributed by atoms with Crippen LogP contribution >= 0.6 is 0 Å². The molecule has 1 aromatic carbocycles. The van der Waals surface area contributed by atoms with Gasteiger partial charge in [-0.1, -0.05) is 29.8 Å². The van der Waals surface area contributed by atoms with Crippen molar-refractivity contribution in [2.24, 2.45) is 0 Å². The molecule has 0 saturated heterocycles. The number of hydrogen-bond acceptors (Lipinski definition) is 2. The standard InChI is InChI=1S/C21H30N2O2/c1-16-8-7-9-17(2)21(16)22-20(25)13-15-23(18(3)24)14-12-19-10-5-4-6-11-19/h7-10H,4-6,11-15H2,1-3H3,(H,22,25). The first-order valence-electron chi connectivity index (χ1n) is 9.27. The number of carbonyl (C=O) groups is 2. The summed E-state index contributed by atoms with van der Waals surface area (Å²) in [7, 11) is 0. The van der Waals surface area contributed by atoms with Crippen molar-refractivity contribution in [2.45, 2.75) is 59.3 Å². The van der Waals surface area contributed by atoms with Gasteiger partial charge < -0.3 is 10.2 Å². The Balaban J connectivity index is 1.84. The van der Waals surface area contributed by atoms with Gasteiger partial charge in [0.25, 0.3) is 0 Å². The average molecular weight is 342 g/mol. The molecule has 0 spiro atoms. The van der Waals surface area contributed by atoms with Gasteiger partial charge in [-0.3, -0.25) is 9.59 Å². The Morgan fingerprint density at radius 2 is 1.84 bits per heavy atom. The second-order valence-corrected chi connectivity index (χ2v) is 6.93. The van der Waals surface area contributed by atoms with E-state index in [-0.39, 0.29) is 11.8 Å². The van der Waals surface area contributed by atoms with Crippen LogP contribution in [0.1, 0.15) is 56.6 Å². The van der Waals surface area contributed by atoms with Gasteiger partial charge in [0.1, 0.15) is 0 Å². The van der Waals surface area contributed by atoms with Gasteiger partial charge in [-0.25, -0.2) is 0 Å². The monoisotopic (exact) mass is 342 g/mol. The van der Waals surface area contributed by atoms with Gasteiger partial charge in [-0.05, 0) is 57.1 Å². The number of benzene rings is 1. The van der Waals surface area contributed by atoms with E-state index < -0.39 is 0 Å². The van der Waals surface area contributed by atoms with E-state index in [1.165, 1.54) is 18.4 Å². The van der Waals surface area contributed by atoms with Crippen molar-refractivity contribution in [3.8, 4) is 0 Å². The maximum atomic E-state index is 12.3. The SMILES string of the molecule is CC(=O)N(CCC(=O)Nc1c(C)cccc1C)CCC1=CCCCC1. The van der Waals surface area contributed by atoms with E-state index in [9.17, 15) is 9.59 Å². The highest BCUT2D eigenvalue weighted by Crippen LogP contribution is 2.21. The fraction of sp³-hybridized carbons (Fsp3) is 0.524. The summed E-state index contributed by atoms with van der Waals surface area (Å²) < 4.78 is 0. The van der Waals surface area contributed by atoms with Gasteiger partial charge in [0, 0.05) is 32.1 Å². The van der Waals surface area contributed by atoms with E-state index in [0.717, 1.165) is 36.1 Å². The first kappa shape index (κ1) is 19.2. The smallest absolute Gasteiger partial charge is 0.226 e. The molecule has 1 aliphatic rings. The van der Waals surface area contributed by atoms with E-state index in [0.29, 0.717) is 19.5 Å². The predicted molar refractivity (Wildman–Crippen MR) is 103 cm³/mol. The number of rotatable bonds is 7. The van der Waals surface area contributed by atoms with Crippen LogP contribution in [0.25, 0.3) is 0 Å². The average Bonchev–Trinajstić information content (AvgIpc) is 2.59. The summed E-state index contributed by atoms with van der Waals surface area (Å²) in [5.41, 5.74) is 4.45. The number of nitrogens with one attached hydrogen (secondary N) is 1. The molecule has 0 aromatic heterocycles. The molecule has 0 unspecified atom stereocenters. The normalized spacial score (nSPS) is 14.0. The maximum Gasteiger partial charge on any atom is 0.226 e. The van der Waals surface area contributed by atoms with Crippen LogP contribution in [0.3, 0.4) is 0 Å². The van der Waals surface area contributed by atoms with E-state index in [4.69, 9.17) is 0 Å². The number of para-hydroxylation sites is 1. The van der Waals surface area contributed by atoms with Gasteiger partial charge in [-0.15, -0.1) is 0 Å². The lowest BCUT2D eigenvalue weighted by molar-refractivity contribution is -0.129. The van der Waals surface area contributed by atoms with E-state index in [1.807, 2.05) is 32.0 Å². The number of anilines is 1. The topological polar surface area (TPSA) is 49.4 Å². The third-order valence-corrected chi connectivity index (χ3v) is 4.89. The zero-order valence-electron chi connectivity index (χ0n) is 15.7. The van der Waals surface area contributed by atoms with Crippen LogP contribution in [-0.2, 0) is 9.59 Å². The minimum atomic E-state index is -0.0412. The second-order valence-electron chi connectivity index (χ2n) is 6.93. The van der Waals surface area contributed by atoms with E-state index in [2.05, 4.69) is 11.4 Å². The largest absolute Gasteiger partial charge is 0.342 e. The molecule has 0 atom stereocenters. The van der Waals surface area contributed by atoms with Crippen molar-refractivity contribution in [2.75, 3.05) is 18.4 Å². The Labute approximate surface area is 151 Å². The number of hydrogen-bond donors (Lipinski definition) is 1. The first-order chi connectivity index (χ1) is 12.0. The number of nitrogens with zero attached hydrogens (tertiary/aromatic N) is 1. The molecule has 0 heterocycles. The third kappa shape index (κ3) is 6.04. The van der Waals surface area contributed by atoms with Crippen LogP contribution in [-0.4, -0.2) is 29.8 Å². The maximum absolute atomic E-state index is 12.3. The molecule has 0 saturated carbocycles. The summed E-state index contributed by atoms with van der Waals surface area (Å²) in [4.78, 5) is 26.0. The fourth-order valence-corrected chi connectivity index (χ4v) is 3.29. The van der Waals surface area contributed by atoms with Gasteiger partial charge in [0.05, 0.1) is 0 Å². The Morgan fingerprint density at radius 1 is 1.12 bits per heavy atom. The van der Waals surface area contributed by atoms with Gasteiger partial charge in [0.15, 0.2) is 0 Å². The molecular weight excluding hydrogens is 312 g/mol. The van der Waals surface area contributed by atoms with Crippen molar-refractivity contribution in [1.82, 2.24) is 4.90 Å². The number of carbonyl (C=O) groups excluding carboxylic acids is 2. The van der Waals surface area contributed by atoms with Crippen LogP contribution in [0.4, 0.5) is 5.69 Å². The number of aryl methyl sites for hydroxylation is 2. The summed E-state index contributed by atoms with van der Waals surface area (Å²) >= 11 is 0. The minimum Gasteiger partial charge on any atom is -0.342 e. The van der Waals surface area contributed by atoms with Crippen LogP contribution < -0.4 is 5.32 Å². The summed E-state index contributed by atoms with van der Waals surface area (Å²) in [6.07, 6.45) is 8.41. The Morgan fingerprint density at radius 3 is 2.44 bits per heavy atom. The molecular formula is C21H30N2O2. The fourth-order valence-electron chi connectivity index (χ4n) is 3.29. The minimum absolute atomic E-state index is 0.0382. The Bertz CT molecular complexity index is 629. The Kier molecular flexibility index (Phi) is 7.23. The first-order valence-corrected chi connectivity index (χ1v) is 9.27. The summed E-state index contributed by atoms with van der Waals surface area (Å²) in [5, 5.41) is 2.99. The van der Waals surface area contributed by atoms with E-state index >= 15 is 0 Å². The van der Waals surface area contributed by atoms with Crippen LogP contribution in [0, 0.1) is 13.8 Å². The highest BCUT2D eigenvalue weighted by molar-refractivity contribution is 5.92. The molecule has 2 amide bonds. The Hall–Kier alpha value is -2.10. The zero-order chi connectivity index (χ0) is 18.2. The number of allylic oxidation sites excluding steroid dienone is 1. The lowest BCUT2D eigenvalue weighted by atomic mass is 9.97.